The van der Waals surface area contributed by atoms with Crippen LogP contribution in [-0.4, -0.2) is 35.7 Å². The second-order valence-corrected chi connectivity index (χ2v) is 5.85. The van der Waals surface area contributed by atoms with Gasteiger partial charge in [-0.3, -0.25) is 9.59 Å². The summed E-state index contributed by atoms with van der Waals surface area (Å²) in [6.07, 6.45) is -0.740. The highest BCUT2D eigenvalue weighted by atomic mass is 16.6. The molecule has 1 aromatic heterocycles. The smallest absolute Gasteiger partial charge is 0.326 e. The Kier molecular flexibility index (Phi) is 6.01. The summed E-state index contributed by atoms with van der Waals surface area (Å²) in [5.74, 6) is 0.143. The summed E-state index contributed by atoms with van der Waals surface area (Å²) < 4.78 is 15.8. The van der Waals surface area contributed by atoms with Gasteiger partial charge in [-0.25, -0.2) is 0 Å². The Bertz CT molecular complexity index is 938. The number of carbonyl (C=O) groups is 2. The number of carbonyl (C=O) groups excluding carboxylic acids is 2. The average molecular weight is 381 g/mol. The fourth-order valence-electron chi connectivity index (χ4n) is 2.38. The summed E-state index contributed by atoms with van der Waals surface area (Å²) in [5.41, 5.74) is 1.18. The number of nitrogens with one attached hydrogen (secondary N) is 1. The predicted molar refractivity (Wildman–Crippen MR) is 99.6 cm³/mol. The van der Waals surface area contributed by atoms with Gasteiger partial charge in [-0.05, 0) is 43.3 Å². The van der Waals surface area contributed by atoms with Crippen LogP contribution in [0.1, 0.15) is 29.3 Å². The molecule has 0 bridgehead atoms. The van der Waals surface area contributed by atoms with E-state index in [1.807, 2.05) is 30.3 Å². The molecule has 1 atom stereocenters. The van der Waals surface area contributed by atoms with Gasteiger partial charge in [-0.2, -0.15) is 0 Å². The van der Waals surface area contributed by atoms with Crippen LogP contribution in [0.15, 0.2) is 59.0 Å². The molecule has 1 N–H and O–H groups in total. The molecule has 2 aromatic carbocycles. The maximum Gasteiger partial charge on any atom is 0.326 e. The SMILES string of the molecule is COc1ccc(C(=O)NCC(=O)O[C@H](C)c2nnc(-c3ccccc3)o2)cc1. The zero-order valence-electron chi connectivity index (χ0n) is 15.4. The van der Waals surface area contributed by atoms with Crippen LogP contribution in [0.2, 0.25) is 0 Å². The predicted octanol–water partition coefficient (Wildman–Crippen LogP) is 2.78. The van der Waals surface area contributed by atoms with E-state index in [0.717, 1.165) is 5.56 Å². The van der Waals surface area contributed by atoms with Crippen molar-refractivity contribution in [1.82, 2.24) is 15.5 Å². The summed E-state index contributed by atoms with van der Waals surface area (Å²) in [6.45, 7) is 1.33. The number of benzene rings is 2. The molecule has 1 heterocycles. The molecule has 0 aliphatic rings. The minimum Gasteiger partial charge on any atom is -0.497 e. The number of amides is 1. The van der Waals surface area contributed by atoms with Gasteiger partial charge < -0.3 is 19.2 Å². The fraction of sp³-hybridized carbons (Fsp3) is 0.200. The number of rotatable bonds is 7. The molecule has 28 heavy (non-hydrogen) atoms. The molecule has 8 heteroatoms. The van der Waals surface area contributed by atoms with Crippen LogP contribution < -0.4 is 10.1 Å². The maximum absolute atomic E-state index is 12.1. The Morgan fingerprint density at radius 3 is 2.46 bits per heavy atom. The molecule has 0 unspecified atom stereocenters. The number of hydrogen-bond acceptors (Lipinski definition) is 7. The quantitative estimate of drug-likeness (QED) is 0.628. The highest BCUT2D eigenvalue weighted by Crippen LogP contribution is 2.22. The standard InChI is InChI=1S/C20H19N3O5/c1-13(19-22-23-20(28-19)15-6-4-3-5-7-15)27-17(24)12-21-18(25)14-8-10-16(26-2)11-9-14/h3-11,13H,12H2,1-2H3,(H,21,25)/t13-/m1/s1. The molecule has 0 aliphatic carbocycles. The van der Waals surface area contributed by atoms with Gasteiger partial charge in [0.2, 0.25) is 5.89 Å². The monoisotopic (exact) mass is 381 g/mol. The van der Waals surface area contributed by atoms with Gasteiger partial charge in [0, 0.05) is 11.1 Å². The van der Waals surface area contributed by atoms with Crippen LogP contribution in [-0.2, 0) is 9.53 Å². The highest BCUT2D eigenvalue weighted by Gasteiger charge is 2.19. The number of aromatic nitrogens is 2. The van der Waals surface area contributed by atoms with E-state index in [9.17, 15) is 9.59 Å². The molecule has 0 saturated carbocycles. The highest BCUT2D eigenvalue weighted by molar-refractivity contribution is 5.96. The van der Waals surface area contributed by atoms with Gasteiger partial charge in [0.05, 0.1) is 7.11 Å². The first-order valence-electron chi connectivity index (χ1n) is 8.57. The topological polar surface area (TPSA) is 104 Å². The molecule has 0 aliphatic heterocycles. The molecule has 3 aromatic rings. The van der Waals surface area contributed by atoms with Crippen LogP contribution in [0.4, 0.5) is 0 Å². The molecular formula is C20H19N3O5. The van der Waals surface area contributed by atoms with E-state index in [4.69, 9.17) is 13.9 Å². The third kappa shape index (κ3) is 4.73. The number of ether oxygens (including phenoxy) is 2. The van der Waals surface area contributed by atoms with E-state index >= 15 is 0 Å². The Morgan fingerprint density at radius 1 is 1.07 bits per heavy atom. The minimum atomic E-state index is -0.740. The summed E-state index contributed by atoms with van der Waals surface area (Å²) in [7, 11) is 1.54. The first-order chi connectivity index (χ1) is 13.6. The molecule has 8 nitrogen and oxygen atoms in total. The second kappa shape index (κ2) is 8.81. The summed E-state index contributed by atoms with van der Waals surface area (Å²) in [4.78, 5) is 24.1. The van der Waals surface area contributed by atoms with Gasteiger partial charge in [0.25, 0.3) is 11.8 Å². The van der Waals surface area contributed by atoms with Crippen molar-refractivity contribution < 1.29 is 23.5 Å². The summed E-state index contributed by atoms with van der Waals surface area (Å²) in [5, 5.41) is 10.4. The molecule has 3 rings (SSSR count). The van der Waals surface area contributed by atoms with Crippen molar-refractivity contribution in [3.63, 3.8) is 0 Å². The average Bonchev–Trinajstić information content (AvgIpc) is 3.23. The van der Waals surface area contributed by atoms with Gasteiger partial charge in [0.1, 0.15) is 12.3 Å². The van der Waals surface area contributed by atoms with E-state index in [0.29, 0.717) is 17.2 Å². The lowest BCUT2D eigenvalue weighted by atomic mass is 10.2. The van der Waals surface area contributed by atoms with Crippen molar-refractivity contribution in [3.8, 4) is 17.2 Å². The minimum absolute atomic E-state index is 0.175. The van der Waals surface area contributed by atoms with Crippen molar-refractivity contribution in [3.05, 3.63) is 66.1 Å². The summed E-state index contributed by atoms with van der Waals surface area (Å²) >= 11 is 0. The van der Waals surface area contributed by atoms with Crippen LogP contribution in [0.3, 0.4) is 0 Å². The molecule has 1 amide bonds. The van der Waals surface area contributed by atoms with E-state index in [1.54, 1.807) is 38.3 Å². The van der Waals surface area contributed by atoms with Crippen molar-refractivity contribution in [1.29, 1.82) is 0 Å². The number of hydrogen-bond donors (Lipinski definition) is 1. The van der Waals surface area contributed by atoms with Gasteiger partial charge in [0.15, 0.2) is 6.10 Å². The first-order valence-corrected chi connectivity index (χ1v) is 8.57. The van der Waals surface area contributed by atoms with Gasteiger partial charge >= 0.3 is 5.97 Å². The van der Waals surface area contributed by atoms with Crippen molar-refractivity contribution in [2.45, 2.75) is 13.0 Å². The second-order valence-electron chi connectivity index (χ2n) is 5.85. The van der Waals surface area contributed by atoms with Crippen LogP contribution in [0, 0.1) is 0 Å². The molecule has 0 radical (unpaired) electrons. The normalized spacial score (nSPS) is 11.5. The number of nitrogens with zero attached hydrogens (tertiary/aromatic N) is 2. The lowest BCUT2D eigenvalue weighted by Crippen LogP contribution is -2.31. The van der Waals surface area contributed by atoms with Crippen LogP contribution in [0.25, 0.3) is 11.5 Å². The summed E-state index contributed by atoms with van der Waals surface area (Å²) in [6, 6.07) is 15.8. The van der Waals surface area contributed by atoms with E-state index in [-0.39, 0.29) is 12.4 Å². The fourth-order valence-corrected chi connectivity index (χ4v) is 2.38. The Morgan fingerprint density at radius 2 is 1.79 bits per heavy atom. The Hall–Kier alpha value is -3.68. The Balaban J connectivity index is 1.51. The molecular weight excluding hydrogens is 362 g/mol. The molecule has 0 fully saturated rings. The first kappa shape index (κ1) is 19.1. The lowest BCUT2D eigenvalue weighted by molar-refractivity contribution is -0.148. The zero-order chi connectivity index (χ0) is 19.9. The zero-order valence-corrected chi connectivity index (χ0v) is 15.4. The van der Waals surface area contributed by atoms with Gasteiger partial charge in [-0.15, -0.1) is 10.2 Å². The number of methoxy groups -OCH3 is 1. The van der Waals surface area contributed by atoms with E-state index in [1.165, 1.54) is 0 Å². The third-order valence-electron chi connectivity index (χ3n) is 3.86. The van der Waals surface area contributed by atoms with E-state index < -0.39 is 18.0 Å². The van der Waals surface area contributed by atoms with Crippen molar-refractivity contribution >= 4 is 11.9 Å². The van der Waals surface area contributed by atoms with Crippen LogP contribution >= 0.6 is 0 Å². The maximum atomic E-state index is 12.1. The largest absolute Gasteiger partial charge is 0.497 e. The molecule has 0 spiro atoms. The number of esters is 1. The third-order valence-corrected chi connectivity index (χ3v) is 3.86. The van der Waals surface area contributed by atoms with Crippen LogP contribution in [0.5, 0.6) is 5.75 Å². The molecule has 144 valence electrons. The molecule has 0 saturated heterocycles. The van der Waals surface area contributed by atoms with Crippen molar-refractivity contribution in [2.24, 2.45) is 0 Å². The van der Waals surface area contributed by atoms with Gasteiger partial charge in [-0.1, -0.05) is 18.2 Å². The van der Waals surface area contributed by atoms with Crippen molar-refractivity contribution in [2.75, 3.05) is 13.7 Å². The lowest BCUT2D eigenvalue weighted by Gasteiger charge is -2.10. The van der Waals surface area contributed by atoms with E-state index in [2.05, 4.69) is 15.5 Å². The Labute approximate surface area is 161 Å².